The van der Waals surface area contributed by atoms with E-state index in [0.29, 0.717) is 0 Å². The maximum absolute atomic E-state index is 11.9. The maximum Gasteiger partial charge on any atom is 0.266 e. The second kappa shape index (κ2) is 3.77. The normalized spacial score (nSPS) is 17.6. The minimum Gasteiger partial charge on any atom is -0.268 e. The van der Waals surface area contributed by atoms with Crippen LogP contribution in [-0.4, -0.2) is 41.1 Å². The van der Waals surface area contributed by atoms with E-state index in [0.717, 1.165) is 10.4 Å². The van der Waals surface area contributed by atoms with Crippen molar-refractivity contribution in [2.24, 2.45) is 0 Å². The summed E-state index contributed by atoms with van der Waals surface area (Å²) in [4.78, 5) is 10.8. The van der Waals surface area contributed by atoms with Gasteiger partial charge in [0.2, 0.25) is 10.0 Å². The van der Waals surface area contributed by atoms with Gasteiger partial charge in [0.25, 0.3) is 15.9 Å². The molecule has 0 aromatic heterocycles. The maximum atomic E-state index is 11.9. The van der Waals surface area contributed by atoms with E-state index in [1.807, 2.05) is 0 Å². The molecule has 0 saturated heterocycles. The van der Waals surface area contributed by atoms with Gasteiger partial charge in [-0.2, -0.15) is 0 Å². The third-order valence-corrected chi connectivity index (χ3v) is 5.67. The molecule has 0 spiro atoms. The van der Waals surface area contributed by atoms with E-state index in [1.54, 1.807) is 4.72 Å². The standard InChI is InChI=1S/C9H10N2O5S2/c1-11(2)18(15,16)6-3-4-7-8(5-6)17(13,14)10-9(7)12/h3-5H,1-2H3,(H,10,12). The molecule has 0 fully saturated rings. The molecule has 1 heterocycles. The first kappa shape index (κ1) is 13.0. The molecule has 0 radical (unpaired) electrons. The van der Waals surface area contributed by atoms with Gasteiger partial charge in [-0.15, -0.1) is 0 Å². The molecule has 1 aromatic rings. The Morgan fingerprint density at radius 1 is 1.22 bits per heavy atom. The van der Waals surface area contributed by atoms with E-state index in [-0.39, 0.29) is 15.4 Å². The summed E-state index contributed by atoms with van der Waals surface area (Å²) in [5.74, 6) is -0.751. The van der Waals surface area contributed by atoms with Crippen molar-refractivity contribution in [1.82, 2.24) is 9.03 Å². The summed E-state index contributed by atoms with van der Waals surface area (Å²) in [5.41, 5.74) is -0.0484. The lowest BCUT2D eigenvalue weighted by molar-refractivity contribution is 0.0985. The first-order chi connectivity index (χ1) is 8.16. The topological polar surface area (TPSA) is 101 Å². The zero-order valence-corrected chi connectivity index (χ0v) is 11.2. The highest BCUT2D eigenvalue weighted by atomic mass is 32.2. The van der Waals surface area contributed by atoms with Crippen molar-refractivity contribution in [2.45, 2.75) is 9.79 Å². The van der Waals surface area contributed by atoms with Crippen molar-refractivity contribution in [1.29, 1.82) is 0 Å². The number of nitrogens with zero attached hydrogens (tertiary/aromatic N) is 1. The predicted molar refractivity (Wildman–Crippen MR) is 62.0 cm³/mol. The molecule has 9 heteroatoms. The van der Waals surface area contributed by atoms with Gasteiger partial charge in [-0.05, 0) is 18.2 Å². The van der Waals surface area contributed by atoms with Crippen molar-refractivity contribution >= 4 is 26.0 Å². The number of hydrogen-bond donors (Lipinski definition) is 1. The molecule has 2 rings (SSSR count). The molecule has 1 N–H and O–H groups in total. The fraction of sp³-hybridized carbons (Fsp3) is 0.222. The molecular weight excluding hydrogens is 280 g/mol. The lowest BCUT2D eigenvalue weighted by atomic mass is 10.2. The van der Waals surface area contributed by atoms with E-state index < -0.39 is 26.0 Å². The lowest BCUT2D eigenvalue weighted by Gasteiger charge is -2.11. The Hall–Kier alpha value is -1.45. The van der Waals surface area contributed by atoms with Gasteiger partial charge in [0.15, 0.2) is 0 Å². The minimum atomic E-state index is -3.95. The van der Waals surface area contributed by atoms with Crippen LogP contribution in [-0.2, 0) is 20.0 Å². The minimum absolute atomic E-state index is 0.0484. The van der Waals surface area contributed by atoms with Gasteiger partial charge >= 0.3 is 0 Å². The van der Waals surface area contributed by atoms with Crippen molar-refractivity contribution in [3.8, 4) is 0 Å². The third-order valence-electron chi connectivity index (χ3n) is 2.49. The molecule has 98 valence electrons. The van der Waals surface area contributed by atoms with Crippen molar-refractivity contribution in [2.75, 3.05) is 14.1 Å². The molecule has 1 aliphatic rings. The number of carbonyl (C=O) groups is 1. The zero-order chi connectivity index (χ0) is 13.7. The second-order valence-corrected chi connectivity index (χ2v) is 7.68. The number of amides is 1. The first-order valence-corrected chi connectivity index (χ1v) is 7.72. The highest BCUT2D eigenvalue weighted by Crippen LogP contribution is 2.26. The molecule has 0 aliphatic carbocycles. The Bertz CT molecular complexity index is 734. The van der Waals surface area contributed by atoms with Gasteiger partial charge in [0.05, 0.1) is 10.5 Å². The molecule has 1 aromatic carbocycles. The Kier molecular flexibility index (Phi) is 2.72. The first-order valence-electron chi connectivity index (χ1n) is 4.80. The quantitative estimate of drug-likeness (QED) is 0.781. The number of carbonyl (C=O) groups excluding carboxylic acids is 1. The molecule has 0 atom stereocenters. The van der Waals surface area contributed by atoms with E-state index in [1.165, 1.54) is 26.2 Å². The third kappa shape index (κ3) is 1.80. The largest absolute Gasteiger partial charge is 0.268 e. The summed E-state index contributed by atoms with van der Waals surface area (Å²) >= 11 is 0. The zero-order valence-electron chi connectivity index (χ0n) is 9.54. The van der Waals surface area contributed by atoms with Crippen LogP contribution in [0.3, 0.4) is 0 Å². The Morgan fingerprint density at radius 3 is 2.39 bits per heavy atom. The molecule has 7 nitrogen and oxygen atoms in total. The summed E-state index contributed by atoms with van der Waals surface area (Å²) in [5, 5.41) is 0. The highest BCUT2D eigenvalue weighted by Gasteiger charge is 2.34. The van der Waals surface area contributed by atoms with Crippen molar-refractivity contribution in [3.63, 3.8) is 0 Å². The predicted octanol–water partition coefficient (Wildman–Crippen LogP) is -0.631. The van der Waals surface area contributed by atoms with Crippen LogP contribution in [0.1, 0.15) is 10.4 Å². The average Bonchev–Trinajstić information content (AvgIpc) is 2.49. The molecule has 0 saturated carbocycles. The number of hydrogen-bond acceptors (Lipinski definition) is 5. The monoisotopic (exact) mass is 290 g/mol. The summed E-state index contributed by atoms with van der Waals surface area (Å²) < 4.78 is 49.6. The molecule has 0 unspecified atom stereocenters. The molecule has 0 bridgehead atoms. The van der Waals surface area contributed by atoms with Crippen LogP contribution < -0.4 is 4.72 Å². The second-order valence-electron chi connectivity index (χ2n) is 3.88. The van der Waals surface area contributed by atoms with Gasteiger partial charge in [-0.1, -0.05) is 0 Å². The number of sulfonamides is 2. The van der Waals surface area contributed by atoms with Crippen molar-refractivity contribution in [3.05, 3.63) is 23.8 Å². The van der Waals surface area contributed by atoms with Crippen LogP contribution in [0.2, 0.25) is 0 Å². The van der Waals surface area contributed by atoms with Gasteiger partial charge < -0.3 is 0 Å². The number of benzene rings is 1. The summed E-state index contributed by atoms with van der Waals surface area (Å²) in [6, 6.07) is 3.37. The van der Waals surface area contributed by atoms with E-state index in [4.69, 9.17) is 0 Å². The van der Waals surface area contributed by atoms with Gasteiger partial charge in [-0.3, -0.25) is 4.79 Å². The molecular formula is C9H10N2O5S2. The number of rotatable bonds is 2. The van der Waals surface area contributed by atoms with Crippen LogP contribution in [0.15, 0.2) is 28.0 Å². The fourth-order valence-electron chi connectivity index (χ4n) is 1.52. The van der Waals surface area contributed by atoms with E-state index in [2.05, 4.69) is 0 Å². The molecule has 1 aliphatic heterocycles. The van der Waals surface area contributed by atoms with Gasteiger partial charge in [0, 0.05) is 14.1 Å². The summed E-state index contributed by atoms with van der Waals surface area (Å²) in [6.45, 7) is 0. The van der Waals surface area contributed by atoms with E-state index in [9.17, 15) is 21.6 Å². The van der Waals surface area contributed by atoms with Gasteiger partial charge in [0.1, 0.15) is 4.90 Å². The smallest absolute Gasteiger partial charge is 0.266 e. The number of fused-ring (bicyclic) bond motifs is 1. The SMILES string of the molecule is CN(C)S(=O)(=O)c1ccc2c(c1)S(=O)(=O)NC2=O. The van der Waals surface area contributed by atoms with Crippen LogP contribution in [0.25, 0.3) is 0 Å². The average molecular weight is 290 g/mol. The van der Waals surface area contributed by atoms with Crippen LogP contribution in [0.5, 0.6) is 0 Å². The lowest BCUT2D eigenvalue weighted by Crippen LogP contribution is -2.22. The fourth-order valence-corrected chi connectivity index (χ4v) is 3.72. The molecule has 18 heavy (non-hydrogen) atoms. The van der Waals surface area contributed by atoms with Crippen LogP contribution >= 0.6 is 0 Å². The van der Waals surface area contributed by atoms with Crippen LogP contribution in [0, 0.1) is 0 Å². The summed E-state index contributed by atoms with van der Waals surface area (Å²) in [7, 11) is -5.01. The van der Waals surface area contributed by atoms with E-state index >= 15 is 0 Å². The van der Waals surface area contributed by atoms with Crippen molar-refractivity contribution < 1.29 is 21.6 Å². The Balaban J connectivity index is 2.71. The van der Waals surface area contributed by atoms with Gasteiger partial charge in [-0.25, -0.2) is 25.9 Å². The van der Waals surface area contributed by atoms with Crippen LogP contribution in [0.4, 0.5) is 0 Å². The highest BCUT2D eigenvalue weighted by molar-refractivity contribution is 7.91. The Morgan fingerprint density at radius 2 is 1.83 bits per heavy atom. The molecule has 1 amide bonds. The summed E-state index contributed by atoms with van der Waals surface area (Å²) in [6.07, 6.45) is 0. The number of nitrogens with one attached hydrogen (secondary N) is 1. The Labute approximate surface area is 105 Å².